The fourth-order valence-electron chi connectivity index (χ4n) is 3.50. The van der Waals surface area contributed by atoms with Gasteiger partial charge in [0.2, 0.25) is 0 Å². The lowest BCUT2D eigenvalue weighted by atomic mass is 10.1. The second kappa shape index (κ2) is 8.01. The molecule has 0 unspecified atom stereocenters. The lowest BCUT2D eigenvalue weighted by molar-refractivity contribution is 0.414. The molecule has 7 heteroatoms. The molecule has 30 heavy (non-hydrogen) atoms. The molecule has 1 aromatic heterocycles. The normalized spacial score (nSPS) is 12.0. The third-order valence-electron chi connectivity index (χ3n) is 5.18. The monoisotopic (exact) mass is 423 g/mol. The van der Waals surface area contributed by atoms with E-state index in [4.69, 9.17) is 4.74 Å². The van der Waals surface area contributed by atoms with Crippen molar-refractivity contribution in [3.8, 4) is 5.75 Å². The number of hydrogen-bond donors (Lipinski definition) is 2. The number of fused-ring (bicyclic) bond motifs is 2. The van der Waals surface area contributed by atoms with Gasteiger partial charge in [0.1, 0.15) is 5.75 Å². The minimum atomic E-state index is -3.72. The Hall–Kier alpha value is -3.03. The van der Waals surface area contributed by atoms with Crippen LogP contribution in [0.4, 0.5) is 5.69 Å². The lowest BCUT2D eigenvalue weighted by Crippen LogP contribution is -2.15. The number of methoxy groups -OCH3 is 1. The van der Waals surface area contributed by atoms with Crippen LogP contribution in [-0.4, -0.2) is 46.1 Å². The Morgan fingerprint density at radius 2 is 1.80 bits per heavy atom. The summed E-state index contributed by atoms with van der Waals surface area (Å²) >= 11 is 0. The number of aromatic amines is 1. The number of nitrogens with zero attached hydrogens (tertiary/aromatic N) is 1. The average molecular weight is 424 g/mol. The van der Waals surface area contributed by atoms with Gasteiger partial charge in [-0.05, 0) is 79.3 Å². The largest absolute Gasteiger partial charge is 0.497 e. The highest BCUT2D eigenvalue weighted by molar-refractivity contribution is 7.92. The summed E-state index contributed by atoms with van der Waals surface area (Å²) in [7, 11) is 1.94. The Kier molecular flexibility index (Phi) is 5.40. The van der Waals surface area contributed by atoms with Gasteiger partial charge in [0, 0.05) is 29.3 Å². The molecule has 0 saturated carbocycles. The van der Waals surface area contributed by atoms with Crippen LogP contribution in [0.3, 0.4) is 0 Å². The van der Waals surface area contributed by atoms with E-state index in [0.717, 1.165) is 40.2 Å². The van der Waals surface area contributed by atoms with E-state index >= 15 is 0 Å². The predicted molar refractivity (Wildman–Crippen MR) is 122 cm³/mol. The standard InChI is InChI=1S/C23H25N3O3S/c1-26(2)11-10-17-15-24-23-9-6-19(14-22(17)23)25-30(27,28)21-8-5-16-4-7-20(29-3)12-18(16)13-21/h4-9,12-15,24-25H,10-11H2,1-3H3. The van der Waals surface area contributed by atoms with Gasteiger partial charge in [-0.15, -0.1) is 0 Å². The number of benzene rings is 3. The van der Waals surface area contributed by atoms with Crippen molar-refractivity contribution in [2.24, 2.45) is 0 Å². The van der Waals surface area contributed by atoms with Crippen molar-refractivity contribution in [2.45, 2.75) is 11.3 Å². The number of sulfonamides is 1. The average Bonchev–Trinajstić information content (AvgIpc) is 3.13. The topological polar surface area (TPSA) is 74.4 Å². The smallest absolute Gasteiger partial charge is 0.261 e. The molecule has 0 bridgehead atoms. The van der Waals surface area contributed by atoms with Gasteiger partial charge < -0.3 is 14.6 Å². The van der Waals surface area contributed by atoms with Crippen molar-refractivity contribution >= 4 is 37.4 Å². The van der Waals surface area contributed by atoms with Crippen LogP contribution < -0.4 is 9.46 Å². The Bertz CT molecular complexity index is 1310. The Balaban J connectivity index is 1.64. The number of aromatic nitrogens is 1. The second-order valence-electron chi connectivity index (χ2n) is 7.61. The molecule has 2 N–H and O–H groups in total. The van der Waals surface area contributed by atoms with Gasteiger partial charge in [0.05, 0.1) is 12.0 Å². The fourth-order valence-corrected chi connectivity index (χ4v) is 4.59. The molecule has 0 aliphatic heterocycles. The van der Waals surface area contributed by atoms with E-state index in [1.54, 1.807) is 31.4 Å². The maximum atomic E-state index is 13.0. The minimum absolute atomic E-state index is 0.213. The molecule has 0 spiro atoms. The number of anilines is 1. The number of likely N-dealkylation sites (N-methyl/N-ethyl adjacent to an activating group) is 1. The zero-order valence-corrected chi connectivity index (χ0v) is 18.1. The van der Waals surface area contributed by atoms with Gasteiger partial charge in [0.15, 0.2) is 0 Å². The molecule has 4 aromatic rings. The second-order valence-corrected chi connectivity index (χ2v) is 9.29. The first-order chi connectivity index (χ1) is 14.4. The quantitative estimate of drug-likeness (QED) is 0.466. The van der Waals surface area contributed by atoms with Gasteiger partial charge >= 0.3 is 0 Å². The summed E-state index contributed by atoms with van der Waals surface area (Å²) in [5, 5.41) is 2.79. The fraction of sp³-hybridized carbons (Fsp3) is 0.217. The summed E-state index contributed by atoms with van der Waals surface area (Å²) in [5.74, 6) is 0.688. The van der Waals surface area contributed by atoms with Crippen LogP contribution in [0.5, 0.6) is 5.75 Å². The van der Waals surface area contributed by atoms with Crippen LogP contribution in [0.2, 0.25) is 0 Å². The van der Waals surface area contributed by atoms with E-state index in [9.17, 15) is 8.42 Å². The maximum Gasteiger partial charge on any atom is 0.261 e. The third kappa shape index (κ3) is 4.13. The highest BCUT2D eigenvalue weighted by atomic mass is 32.2. The molecular weight excluding hydrogens is 398 g/mol. The Morgan fingerprint density at radius 3 is 2.57 bits per heavy atom. The molecule has 0 amide bonds. The van der Waals surface area contributed by atoms with E-state index in [1.807, 2.05) is 50.6 Å². The first-order valence-corrected chi connectivity index (χ1v) is 11.2. The minimum Gasteiger partial charge on any atom is -0.497 e. The highest BCUT2D eigenvalue weighted by Gasteiger charge is 2.16. The zero-order valence-electron chi connectivity index (χ0n) is 17.3. The molecule has 0 aliphatic carbocycles. The summed E-state index contributed by atoms with van der Waals surface area (Å²) in [5.41, 5.74) is 2.70. The Morgan fingerprint density at radius 1 is 1.00 bits per heavy atom. The number of H-pyrrole nitrogens is 1. The van der Waals surface area contributed by atoms with E-state index in [-0.39, 0.29) is 4.90 Å². The van der Waals surface area contributed by atoms with Crippen molar-refractivity contribution in [1.82, 2.24) is 9.88 Å². The SMILES string of the molecule is COc1ccc2ccc(S(=O)(=O)Nc3ccc4[nH]cc(CCN(C)C)c4c3)cc2c1. The first kappa shape index (κ1) is 20.3. The summed E-state index contributed by atoms with van der Waals surface area (Å²) in [6.45, 7) is 0.920. The summed E-state index contributed by atoms with van der Waals surface area (Å²) in [6, 6.07) is 16.2. The summed E-state index contributed by atoms with van der Waals surface area (Å²) in [6.07, 6.45) is 2.87. The first-order valence-electron chi connectivity index (χ1n) is 9.71. The van der Waals surface area contributed by atoms with E-state index < -0.39 is 10.0 Å². The molecular formula is C23H25N3O3S. The Labute approximate surface area is 176 Å². The van der Waals surface area contributed by atoms with E-state index in [2.05, 4.69) is 14.6 Å². The van der Waals surface area contributed by atoms with Crippen LogP contribution in [0, 0.1) is 0 Å². The number of ether oxygens (including phenoxy) is 1. The van der Waals surface area contributed by atoms with Crippen LogP contribution in [-0.2, 0) is 16.4 Å². The van der Waals surface area contributed by atoms with Crippen molar-refractivity contribution in [3.05, 3.63) is 66.4 Å². The third-order valence-corrected chi connectivity index (χ3v) is 6.56. The molecule has 1 heterocycles. The van der Waals surface area contributed by atoms with Crippen molar-refractivity contribution in [2.75, 3.05) is 32.5 Å². The van der Waals surface area contributed by atoms with Gasteiger partial charge in [-0.1, -0.05) is 12.1 Å². The predicted octanol–water partition coefficient (Wildman–Crippen LogP) is 4.23. The van der Waals surface area contributed by atoms with Crippen LogP contribution in [0.15, 0.2) is 65.7 Å². The number of rotatable bonds is 7. The van der Waals surface area contributed by atoms with Gasteiger partial charge in [-0.3, -0.25) is 4.72 Å². The van der Waals surface area contributed by atoms with E-state index in [0.29, 0.717) is 11.4 Å². The molecule has 0 saturated heterocycles. The molecule has 0 aliphatic rings. The molecule has 4 rings (SSSR count). The zero-order chi connectivity index (χ0) is 21.3. The van der Waals surface area contributed by atoms with Crippen molar-refractivity contribution in [1.29, 1.82) is 0 Å². The van der Waals surface area contributed by atoms with Crippen molar-refractivity contribution < 1.29 is 13.2 Å². The van der Waals surface area contributed by atoms with Gasteiger partial charge in [0.25, 0.3) is 10.0 Å². The summed E-state index contributed by atoms with van der Waals surface area (Å²) < 4.78 is 34.0. The molecule has 156 valence electrons. The molecule has 0 radical (unpaired) electrons. The van der Waals surface area contributed by atoms with Gasteiger partial charge in [-0.2, -0.15) is 0 Å². The molecule has 0 fully saturated rings. The van der Waals surface area contributed by atoms with Crippen molar-refractivity contribution in [3.63, 3.8) is 0 Å². The van der Waals surface area contributed by atoms with E-state index in [1.165, 1.54) is 0 Å². The maximum absolute atomic E-state index is 13.0. The van der Waals surface area contributed by atoms with Crippen LogP contribution in [0.25, 0.3) is 21.7 Å². The van der Waals surface area contributed by atoms with Crippen LogP contribution >= 0.6 is 0 Å². The highest BCUT2D eigenvalue weighted by Crippen LogP contribution is 2.27. The lowest BCUT2D eigenvalue weighted by Gasteiger charge is -2.11. The molecule has 6 nitrogen and oxygen atoms in total. The summed E-state index contributed by atoms with van der Waals surface area (Å²) in [4.78, 5) is 5.60. The van der Waals surface area contributed by atoms with Gasteiger partial charge in [-0.25, -0.2) is 8.42 Å². The molecule has 0 atom stereocenters. The molecule has 3 aromatic carbocycles. The number of hydrogen-bond acceptors (Lipinski definition) is 4. The van der Waals surface area contributed by atoms with Crippen LogP contribution in [0.1, 0.15) is 5.56 Å². The number of nitrogens with one attached hydrogen (secondary N) is 2.